The van der Waals surface area contributed by atoms with E-state index in [1.165, 1.54) is 0 Å². The van der Waals surface area contributed by atoms with Gasteiger partial charge < -0.3 is 19.3 Å². The summed E-state index contributed by atoms with van der Waals surface area (Å²) in [5.41, 5.74) is -0.399. The molecule has 2 aliphatic heterocycles. The lowest BCUT2D eigenvalue weighted by atomic mass is 9.99. The van der Waals surface area contributed by atoms with Crippen LogP contribution in [0.3, 0.4) is 0 Å². The van der Waals surface area contributed by atoms with E-state index < -0.39 is 5.72 Å². The monoisotopic (exact) mass is 326 g/mol. The van der Waals surface area contributed by atoms with Crippen LogP contribution in [0.15, 0.2) is 30.3 Å². The van der Waals surface area contributed by atoms with Gasteiger partial charge in [-0.15, -0.1) is 12.4 Å². The van der Waals surface area contributed by atoms with Crippen LogP contribution in [0, 0.1) is 0 Å². The summed E-state index contributed by atoms with van der Waals surface area (Å²) in [6, 6.07) is 9.45. The summed E-state index contributed by atoms with van der Waals surface area (Å²) in [5.74, 6) is 0.740. The maximum atomic E-state index is 12.5. The topological polar surface area (TPSA) is 42.0 Å². The molecule has 2 saturated heterocycles. The quantitative estimate of drug-likeness (QED) is 0.849. The van der Waals surface area contributed by atoms with Crippen molar-refractivity contribution < 1.29 is 14.3 Å². The van der Waals surface area contributed by atoms with Crippen molar-refractivity contribution in [1.29, 1.82) is 0 Å². The molecule has 3 rings (SSSR count). The number of carbonyl (C=O) groups is 1. The number of hydrogen-bond donors (Lipinski definition) is 0. The molecular weight excluding hydrogens is 304 g/mol. The van der Waals surface area contributed by atoms with E-state index in [1.807, 2.05) is 35.2 Å². The summed E-state index contributed by atoms with van der Waals surface area (Å²) in [7, 11) is 2.10. The first kappa shape index (κ1) is 17.1. The van der Waals surface area contributed by atoms with Gasteiger partial charge in [0.15, 0.2) is 6.61 Å². The average molecular weight is 327 g/mol. The molecule has 2 aliphatic rings. The van der Waals surface area contributed by atoms with Crippen molar-refractivity contribution in [2.75, 3.05) is 39.9 Å². The highest BCUT2D eigenvalue weighted by Gasteiger charge is 2.46. The fourth-order valence-electron chi connectivity index (χ4n) is 3.08. The van der Waals surface area contributed by atoms with Crippen LogP contribution in [0.2, 0.25) is 0 Å². The number of likely N-dealkylation sites (tertiary alicyclic amines) is 1. The second kappa shape index (κ2) is 7.31. The molecule has 0 radical (unpaired) electrons. The summed E-state index contributed by atoms with van der Waals surface area (Å²) in [6.45, 7) is 3.29. The minimum Gasteiger partial charge on any atom is -0.484 e. The van der Waals surface area contributed by atoms with Gasteiger partial charge in [0.05, 0.1) is 6.61 Å². The van der Waals surface area contributed by atoms with Crippen LogP contribution in [0.25, 0.3) is 0 Å². The van der Waals surface area contributed by atoms with Gasteiger partial charge in [0.1, 0.15) is 11.5 Å². The maximum absolute atomic E-state index is 12.5. The van der Waals surface area contributed by atoms with Gasteiger partial charge in [-0.05, 0) is 19.2 Å². The molecule has 0 aromatic heterocycles. The summed E-state index contributed by atoms with van der Waals surface area (Å²) >= 11 is 0. The highest BCUT2D eigenvalue weighted by atomic mass is 35.5. The number of hydrogen-bond acceptors (Lipinski definition) is 4. The molecule has 0 bridgehead atoms. The highest BCUT2D eigenvalue weighted by Crippen LogP contribution is 2.33. The molecule has 6 heteroatoms. The van der Waals surface area contributed by atoms with Crippen molar-refractivity contribution in [3.8, 4) is 5.75 Å². The largest absolute Gasteiger partial charge is 0.484 e. The van der Waals surface area contributed by atoms with Crippen molar-refractivity contribution in [2.24, 2.45) is 0 Å². The second-order valence-corrected chi connectivity index (χ2v) is 5.75. The van der Waals surface area contributed by atoms with E-state index in [1.54, 1.807) is 0 Å². The van der Waals surface area contributed by atoms with Gasteiger partial charge in [-0.2, -0.15) is 0 Å². The van der Waals surface area contributed by atoms with Gasteiger partial charge in [0, 0.05) is 32.5 Å². The third kappa shape index (κ3) is 3.54. The Morgan fingerprint density at radius 1 is 1.23 bits per heavy atom. The Morgan fingerprint density at radius 3 is 2.59 bits per heavy atom. The van der Waals surface area contributed by atoms with Gasteiger partial charge in [-0.3, -0.25) is 4.79 Å². The van der Waals surface area contributed by atoms with Crippen LogP contribution < -0.4 is 4.74 Å². The molecule has 0 aliphatic carbocycles. The summed E-state index contributed by atoms with van der Waals surface area (Å²) in [4.78, 5) is 16.6. The van der Waals surface area contributed by atoms with Gasteiger partial charge in [-0.25, -0.2) is 0 Å². The average Bonchev–Trinajstić information content (AvgIpc) is 2.93. The molecule has 0 unspecified atom stereocenters. The molecule has 1 aromatic rings. The van der Waals surface area contributed by atoms with E-state index in [9.17, 15) is 4.79 Å². The lowest BCUT2D eigenvalue weighted by Crippen LogP contribution is -2.55. The molecule has 122 valence electrons. The minimum atomic E-state index is -0.399. The van der Waals surface area contributed by atoms with Crippen molar-refractivity contribution in [2.45, 2.75) is 18.6 Å². The molecule has 1 aromatic carbocycles. The Morgan fingerprint density at radius 2 is 1.91 bits per heavy atom. The third-order valence-corrected chi connectivity index (χ3v) is 4.35. The van der Waals surface area contributed by atoms with Crippen LogP contribution in [0.4, 0.5) is 0 Å². The molecule has 2 heterocycles. The Bertz CT molecular complexity index is 489. The first-order valence-corrected chi connectivity index (χ1v) is 7.50. The fourth-order valence-corrected chi connectivity index (χ4v) is 3.08. The Hall–Kier alpha value is -1.30. The number of rotatable bonds is 3. The molecule has 2 fully saturated rings. The van der Waals surface area contributed by atoms with E-state index in [0.717, 1.165) is 31.7 Å². The molecule has 5 nitrogen and oxygen atoms in total. The van der Waals surface area contributed by atoms with Crippen LogP contribution in [0.5, 0.6) is 5.75 Å². The van der Waals surface area contributed by atoms with Crippen LogP contribution >= 0.6 is 12.4 Å². The Balaban J connectivity index is 0.00000176. The third-order valence-electron chi connectivity index (χ3n) is 4.35. The highest BCUT2D eigenvalue weighted by molar-refractivity contribution is 5.85. The van der Waals surface area contributed by atoms with E-state index >= 15 is 0 Å². The standard InChI is InChI=1S/C16H22N2O3.ClH/c1-17-9-7-16(8-10-17)18(11-12-21-16)15(19)13-20-14-5-3-2-4-6-14;/h2-6H,7-13H2,1H3;1H. The number of para-hydroxylation sites is 1. The Kier molecular flexibility index (Phi) is 5.67. The van der Waals surface area contributed by atoms with E-state index in [0.29, 0.717) is 13.2 Å². The second-order valence-electron chi connectivity index (χ2n) is 5.75. The lowest BCUT2D eigenvalue weighted by Gasteiger charge is -2.42. The van der Waals surface area contributed by atoms with E-state index in [2.05, 4.69) is 11.9 Å². The first-order chi connectivity index (χ1) is 10.2. The van der Waals surface area contributed by atoms with Gasteiger partial charge in [0.2, 0.25) is 0 Å². The zero-order chi connectivity index (χ0) is 14.7. The molecule has 0 atom stereocenters. The molecule has 0 N–H and O–H groups in total. The maximum Gasteiger partial charge on any atom is 0.262 e. The van der Waals surface area contributed by atoms with Crippen molar-refractivity contribution in [1.82, 2.24) is 9.80 Å². The van der Waals surface area contributed by atoms with Gasteiger partial charge >= 0.3 is 0 Å². The molecule has 1 spiro atoms. The van der Waals surface area contributed by atoms with Gasteiger partial charge in [0.25, 0.3) is 5.91 Å². The zero-order valence-corrected chi connectivity index (χ0v) is 13.7. The van der Waals surface area contributed by atoms with Crippen molar-refractivity contribution >= 4 is 18.3 Å². The number of piperidine rings is 1. The predicted molar refractivity (Wildman–Crippen MR) is 86.3 cm³/mol. The lowest BCUT2D eigenvalue weighted by molar-refractivity contribution is -0.159. The van der Waals surface area contributed by atoms with Crippen molar-refractivity contribution in [3.05, 3.63) is 30.3 Å². The van der Waals surface area contributed by atoms with Crippen molar-refractivity contribution in [3.63, 3.8) is 0 Å². The van der Waals surface area contributed by atoms with E-state index in [4.69, 9.17) is 9.47 Å². The van der Waals surface area contributed by atoms with E-state index in [-0.39, 0.29) is 24.9 Å². The fraction of sp³-hybridized carbons (Fsp3) is 0.562. The minimum absolute atomic E-state index is 0. The number of benzene rings is 1. The summed E-state index contributed by atoms with van der Waals surface area (Å²) < 4.78 is 11.5. The number of amides is 1. The molecular formula is C16H23ClN2O3. The Labute approximate surface area is 137 Å². The SMILES string of the molecule is CN1CCC2(CC1)OCCN2C(=O)COc1ccccc1.Cl. The summed E-state index contributed by atoms with van der Waals surface area (Å²) in [5, 5.41) is 0. The number of nitrogens with zero attached hydrogens (tertiary/aromatic N) is 2. The van der Waals surface area contributed by atoms with Crippen LogP contribution in [-0.4, -0.2) is 61.3 Å². The van der Waals surface area contributed by atoms with Gasteiger partial charge in [-0.1, -0.05) is 18.2 Å². The molecule has 0 saturated carbocycles. The number of carbonyl (C=O) groups excluding carboxylic acids is 1. The smallest absolute Gasteiger partial charge is 0.262 e. The first-order valence-electron chi connectivity index (χ1n) is 7.50. The number of halogens is 1. The molecule has 1 amide bonds. The predicted octanol–water partition coefficient (Wildman–Crippen LogP) is 1.77. The van der Waals surface area contributed by atoms with Crippen LogP contribution in [0.1, 0.15) is 12.8 Å². The normalized spacial score (nSPS) is 20.7. The van der Waals surface area contributed by atoms with Crippen LogP contribution in [-0.2, 0) is 9.53 Å². The number of ether oxygens (including phenoxy) is 2. The zero-order valence-electron chi connectivity index (χ0n) is 12.9. The molecule has 22 heavy (non-hydrogen) atoms. The summed E-state index contributed by atoms with van der Waals surface area (Å²) in [6.07, 6.45) is 1.75.